The Hall–Kier alpha value is -7.64. The van der Waals surface area contributed by atoms with E-state index in [4.69, 9.17) is 9.47 Å². The molecule has 1 aliphatic rings. The molecule has 2 atom stereocenters. The van der Waals surface area contributed by atoms with Gasteiger partial charge in [-0.05, 0) is 91.3 Å². The minimum atomic E-state index is -0.266. The standard InChI is InChI=1S/C60H50N2O4/c63-59-45-35-43-23-9-13-27-49(43)55(59)53-47-25-11-7-17-39(47)29-31-51(53)65-33-15-16-34-66-52-32-30-40-18-8-12-26-48(40)54(52)56-50-28-14-10-24-44(50)36-46(60(56)64)38-62-58(42-21-5-2-6-22-42)57(61-37-45)41-19-3-1-4-20-41/h1-14,17-32,35-36,57-58,61-64H,15-16,33-34,37-38H2/t57-,58-/m1/s1. The van der Waals surface area contributed by atoms with Crippen LogP contribution in [-0.2, 0) is 13.1 Å². The van der Waals surface area contributed by atoms with Crippen LogP contribution in [0.15, 0.2) is 194 Å². The third-order valence-electron chi connectivity index (χ3n) is 13.2. The quantitative estimate of drug-likeness (QED) is 0.139. The first-order valence-electron chi connectivity index (χ1n) is 22.9. The van der Waals surface area contributed by atoms with Crippen LogP contribution in [0.4, 0.5) is 0 Å². The van der Waals surface area contributed by atoms with Gasteiger partial charge in [0.25, 0.3) is 0 Å². The number of phenolic OH excluding ortho intramolecular Hbond substituents is 2. The fourth-order valence-corrected chi connectivity index (χ4v) is 10.0. The molecule has 1 heterocycles. The van der Waals surface area contributed by atoms with Crippen LogP contribution in [0.2, 0.25) is 0 Å². The molecule has 0 unspecified atom stereocenters. The van der Waals surface area contributed by atoms with Crippen LogP contribution in [0.3, 0.4) is 0 Å². The molecule has 1 aliphatic heterocycles. The Labute approximate surface area is 384 Å². The highest BCUT2D eigenvalue weighted by Crippen LogP contribution is 2.49. The SMILES string of the molecule is Oc1c2cc3ccccc3c1-c1c(ccc3ccccc13)OCCCCOc1ccc3ccccc3c1-c1c(O)c(cc3ccccc13)CN[C@H](c1ccccc1)[C@@H](c1ccccc1)NC2. The monoisotopic (exact) mass is 862 g/mol. The van der Waals surface area contributed by atoms with Crippen molar-refractivity contribution in [1.82, 2.24) is 10.6 Å². The highest BCUT2D eigenvalue weighted by molar-refractivity contribution is 6.11. The summed E-state index contributed by atoms with van der Waals surface area (Å²) in [5.74, 6) is 1.87. The Balaban J connectivity index is 1.10. The summed E-state index contributed by atoms with van der Waals surface area (Å²) in [5.41, 5.74) is 6.97. The van der Waals surface area contributed by atoms with E-state index >= 15 is 0 Å². The predicted molar refractivity (Wildman–Crippen MR) is 269 cm³/mol. The number of phenols is 2. The Morgan fingerprint density at radius 1 is 0.364 bits per heavy atom. The molecule has 66 heavy (non-hydrogen) atoms. The molecule has 10 aromatic rings. The Morgan fingerprint density at radius 2 is 0.712 bits per heavy atom. The second kappa shape index (κ2) is 18.1. The average Bonchev–Trinajstić information content (AvgIpc) is 3.36. The van der Waals surface area contributed by atoms with Gasteiger partial charge >= 0.3 is 0 Å². The van der Waals surface area contributed by atoms with Crippen LogP contribution in [0.5, 0.6) is 23.0 Å². The number of hydrogen-bond acceptors (Lipinski definition) is 6. The summed E-state index contributed by atoms with van der Waals surface area (Å²) >= 11 is 0. The average molecular weight is 863 g/mol. The van der Waals surface area contributed by atoms with Crippen molar-refractivity contribution in [2.24, 2.45) is 0 Å². The van der Waals surface area contributed by atoms with Gasteiger partial charge in [-0.15, -0.1) is 0 Å². The molecule has 0 fully saturated rings. The zero-order valence-electron chi connectivity index (χ0n) is 36.6. The maximum Gasteiger partial charge on any atom is 0.128 e. The second-order valence-corrected chi connectivity index (χ2v) is 17.2. The minimum Gasteiger partial charge on any atom is -0.507 e. The molecule has 0 saturated carbocycles. The lowest BCUT2D eigenvalue weighted by Gasteiger charge is -2.31. The molecule has 0 amide bonds. The van der Waals surface area contributed by atoms with Crippen molar-refractivity contribution < 1.29 is 19.7 Å². The van der Waals surface area contributed by atoms with Gasteiger partial charge in [0.05, 0.1) is 25.3 Å². The van der Waals surface area contributed by atoms with E-state index in [-0.39, 0.29) is 23.6 Å². The largest absolute Gasteiger partial charge is 0.507 e. The summed E-state index contributed by atoms with van der Waals surface area (Å²) in [6, 6.07) is 66.1. The number of aromatic hydroxyl groups is 2. The topological polar surface area (TPSA) is 83.0 Å². The van der Waals surface area contributed by atoms with E-state index in [0.717, 1.165) is 112 Å². The molecule has 11 rings (SSSR count). The zero-order chi connectivity index (χ0) is 44.4. The molecule has 10 aromatic carbocycles. The van der Waals surface area contributed by atoms with Crippen LogP contribution >= 0.6 is 0 Å². The van der Waals surface area contributed by atoms with Crippen LogP contribution in [0, 0.1) is 0 Å². The molecule has 6 nitrogen and oxygen atoms in total. The first kappa shape index (κ1) is 41.1. The second-order valence-electron chi connectivity index (χ2n) is 17.2. The molecule has 6 heteroatoms. The number of benzene rings is 10. The molecule has 4 N–H and O–H groups in total. The van der Waals surface area contributed by atoms with E-state index in [9.17, 15) is 10.2 Å². The van der Waals surface area contributed by atoms with Crippen molar-refractivity contribution in [3.63, 3.8) is 0 Å². The van der Waals surface area contributed by atoms with Crippen LogP contribution in [-0.4, -0.2) is 23.4 Å². The highest BCUT2D eigenvalue weighted by atomic mass is 16.5. The molecule has 0 saturated heterocycles. The lowest BCUT2D eigenvalue weighted by molar-refractivity contribution is 0.268. The molecule has 0 radical (unpaired) electrons. The fraction of sp³-hybridized carbons (Fsp3) is 0.133. The number of ether oxygens (including phenoxy) is 2. The molecule has 0 aromatic heterocycles. The van der Waals surface area contributed by atoms with Crippen molar-refractivity contribution in [3.8, 4) is 45.3 Å². The van der Waals surface area contributed by atoms with E-state index in [0.29, 0.717) is 26.3 Å². The van der Waals surface area contributed by atoms with E-state index in [1.54, 1.807) is 0 Å². The van der Waals surface area contributed by atoms with Gasteiger partial charge in [0.15, 0.2) is 0 Å². The first-order chi connectivity index (χ1) is 32.6. The molecular weight excluding hydrogens is 813 g/mol. The smallest absolute Gasteiger partial charge is 0.128 e. The number of rotatable bonds is 2. The summed E-state index contributed by atoms with van der Waals surface area (Å²) < 4.78 is 13.5. The third kappa shape index (κ3) is 7.74. The van der Waals surface area contributed by atoms with Gasteiger partial charge in [0.1, 0.15) is 23.0 Å². The van der Waals surface area contributed by atoms with E-state index in [1.807, 2.05) is 60.7 Å². The van der Waals surface area contributed by atoms with Crippen molar-refractivity contribution in [1.29, 1.82) is 0 Å². The van der Waals surface area contributed by atoms with E-state index < -0.39 is 0 Å². The maximum absolute atomic E-state index is 12.7. The molecular formula is C60H50N2O4. The summed E-state index contributed by atoms with van der Waals surface area (Å²) in [7, 11) is 0. The van der Waals surface area contributed by atoms with Gasteiger partial charge in [-0.25, -0.2) is 0 Å². The molecule has 0 aliphatic carbocycles. The van der Waals surface area contributed by atoms with Gasteiger partial charge < -0.3 is 30.3 Å². The number of fused-ring (bicyclic) bond motifs is 16. The van der Waals surface area contributed by atoms with Gasteiger partial charge in [-0.2, -0.15) is 0 Å². The number of nitrogens with one attached hydrogen (secondary N) is 2. The van der Waals surface area contributed by atoms with Gasteiger partial charge in [0, 0.05) is 46.5 Å². The van der Waals surface area contributed by atoms with E-state index in [1.165, 1.54) is 0 Å². The van der Waals surface area contributed by atoms with Crippen molar-refractivity contribution in [2.75, 3.05) is 13.2 Å². The van der Waals surface area contributed by atoms with Crippen LogP contribution in [0.25, 0.3) is 65.3 Å². The fourth-order valence-electron chi connectivity index (χ4n) is 10.0. The van der Waals surface area contributed by atoms with Gasteiger partial charge in [0.2, 0.25) is 0 Å². The lowest BCUT2D eigenvalue weighted by Crippen LogP contribution is -2.35. The normalized spacial score (nSPS) is 16.1. The van der Waals surface area contributed by atoms with Crippen molar-refractivity contribution >= 4 is 43.1 Å². The summed E-state index contributed by atoms with van der Waals surface area (Å²) in [5, 5.41) is 41.4. The molecule has 324 valence electrons. The van der Waals surface area contributed by atoms with Gasteiger partial charge in [-0.3, -0.25) is 0 Å². The summed E-state index contributed by atoms with van der Waals surface area (Å²) in [4.78, 5) is 0. The highest BCUT2D eigenvalue weighted by Gasteiger charge is 2.28. The molecule has 0 spiro atoms. The first-order valence-corrected chi connectivity index (χ1v) is 22.9. The maximum atomic E-state index is 12.7. The lowest BCUT2D eigenvalue weighted by atomic mass is 9.89. The van der Waals surface area contributed by atoms with Crippen molar-refractivity contribution in [2.45, 2.75) is 38.0 Å². The molecule has 4 bridgehead atoms. The van der Waals surface area contributed by atoms with Gasteiger partial charge in [-0.1, -0.05) is 170 Å². The summed E-state index contributed by atoms with van der Waals surface area (Å²) in [6.45, 7) is 1.65. The Kier molecular flexibility index (Phi) is 11.3. The Morgan fingerprint density at radius 3 is 1.12 bits per heavy atom. The van der Waals surface area contributed by atoms with Crippen LogP contribution < -0.4 is 20.1 Å². The number of hydrogen-bond donors (Lipinski definition) is 4. The minimum absolute atomic E-state index is 0.216. The summed E-state index contributed by atoms with van der Waals surface area (Å²) in [6.07, 6.45) is 1.48. The van der Waals surface area contributed by atoms with E-state index in [2.05, 4.69) is 144 Å². The van der Waals surface area contributed by atoms with Crippen LogP contribution in [0.1, 0.15) is 47.2 Å². The third-order valence-corrected chi connectivity index (χ3v) is 13.2. The Bertz CT molecular complexity index is 3140. The zero-order valence-corrected chi connectivity index (χ0v) is 36.6. The van der Waals surface area contributed by atoms with Crippen molar-refractivity contribution in [3.05, 3.63) is 216 Å². The predicted octanol–water partition coefficient (Wildman–Crippen LogP) is 14.0.